The Morgan fingerprint density at radius 3 is 2.52 bits per heavy atom. The summed E-state index contributed by atoms with van der Waals surface area (Å²) in [5, 5.41) is 12.3. The Bertz CT molecular complexity index is 622. The number of ether oxygens (including phenoxy) is 1. The van der Waals surface area contributed by atoms with Gasteiger partial charge in [-0.05, 0) is 34.0 Å². The summed E-state index contributed by atoms with van der Waals surface area (Å²) in [5.41, 5.74) is 0.976. The molecule has 0 N–H and O–H groups in total. The summed E-state index contributed by atoms with van der Waals surface area (Å²) in [6, 6.07) is 6.59. The van der Waals surface area contributed by atoms with Gasteiger partial charge in [0.1, 0.15) is 5.82 Å². The van der Waals surface area contributed by atoms with Gasteiger partial charge >= 0.3 is 0 Å². The summed E-state index contributed by atoms with van der Waals surface area (Å²) < 4.78 is 20.3. The number of aromatic nitrogens is 4. The zero-order valence-corrected chi connectivity index (χ0v) is 13.5. The SMILES string of the molecule is CC(C)C(c1nnnn1Cc1ccc(F)cc1)N1CCOCC1. The molecule has 1 aliphatic rings. The fourth-order valence-corrected chi connectivity index (χ4v) is 3.04. The largest absolute Gasteiger partial charge is 0.379 e. The van der Waals surface area contributed by atoms with Crippen LogP contribution in [0.5, 0.6) is 0 Å². The zero-order chi connectivity index (χ0) is 16.2. The van der Waals surface area contributed by atoms with E-state index in [0.29, 0.717) is 12.5 Å². The molecule has 0 bridgehead atoms. The van der Waals surface area contributed by atoms with Crippen LogP contribution in [0.3, 0.4) is 0 Å². The molecule has 1 aromatic carbocycles. The summed E-state index contributed by atoms with van der Waals surface area (Å²) in [5.74, 6) is 0.997. The van der Waals surface area contributed by atoms with Crippen molar-refractivity contribution in [2.45, 2.75) is 26.4 Å². The van der Waals surface area contributed by atoms with Gasteiger partial charge in [-0.15, -0.1) is 5.10 Å². The molecule has 1 aliphatic heterocycles. The van der Waals surface area contributed by atoms with Gasteiger partial charge in [-0.1, -0.05) is 26.0 Å². The molecule has 6 nitrogen and oxygen atoms in total. The van der Waals surface area contributed by atoms with Crippen molar-refractivity contribution in [2.75, 3.05) is 26.3 Å². The highest BCUT2D eigenvalue weighted by molar-refractivity contribution is 5.16. The quantitative estimate of drug-likeness (QED) is 0.842. The number of rotatable bonds is 5. The molecule has 0 aliphatic carbocycles. The maximum Gasteiger partial charge on any atom is 0.169 e. The van der Waals surface area contributed by atoms with Gasteiger partial charge in [-0.3, -0.25) is 4.90 Å². The molecule has 0 spiro atoms. The van der Waals surface area contributed by atoms with Crippen LogP contribution in [0.25, 0.3) is 0 Å². The second kappa shape index (κ2) is 7.14. The van der Waals surface area contributed by atoms with Gasteiger partial charge in [0.2, 0.25) is 0 Å². The number of benzene rings is 1. The van der Waals surface area contributed by atoms with Gasteiger partial charge in [-0.25, -0.2) is 9.07 Å². The van der Waals surface area contributed by atoms with Gasteiger partial charge < -0.3 is 4.74 Å². The van der Waals surface area contributed by atoms with Crippen molar-refractivity contribution < 1.29 is 9.13 Å². The number of morpholine rings is 1. The van der Waals surface area contributed by atoms with Gasteiger partial charge in [0.15, 0.2) is 5.82 Å². The molecule has 1 aromatic heterocycles. The van der Waals surface area contributed by atoms with E-state index in [1.165, 1.54) is 12.1 Å². The lowest BCUT2D eigenvalue weighted by Gasteiger charge is -2.35. The second-order valence-electron chi connectivity index (χ2n) is 6.16. The lowest BCUT2D eigenvalue weighted by atomic mass is 10.0. The number of hydrogen-bond donors (Lipinski definition) is 0. The topological polar surface area (TPSA) is 56.1 Å². The Kier molecular flexibility index (Phi) is 4.97. The van der Waals surface area contributed by atoms with E-state index in [9.17, 15) is 4.39 Å². The molecular formula is C16H22FN5O. The lowest BCUT2D eigenvalue weighted by molar-refractivity contribution is 0.00235. The number of hydrogen-bond acceptors (Lipinski definition) is 5. The van der Waals surface area contributed by atoms with Gasteiger partial charge in [0, 0.05) is 13.1 Å². The van der Waals surface area contributed by atoms with E-state index in [2.05, 4.69) is 34.3 Å². The summed E-state index contributed by atoms with van der Waals surface area (Å²) in [7, 11) is 0. The van der Waals surface area contributed by atoms with Crippen molar-refractivity contribution in [3.63, 3.8) is 0 Å². The molecule has 1 fully saturated rings. The minimum atomic E-state index is -0.237. The van der Waals surface area contributed by atoms with Crippen molar-refractivity contribution in [3.05, 3.63) is 41.5 Å². The molecule has 2 aromatic rings. The Hall–Kier alpha value is -1.86. The maximum atomic E-state index is 13.1. The Balaban J connectivity index is 1.83. The molecule has 1 unspecified atom stereocenters. The van der Waals surface area contributed by atoms with Crippen molar-refractivity contribution in [1.82, 2.24) is 25.1 Å². The molecule has 124 valence electrons. The summed E-state index contributed by atoms with van der Waals surface area (Å²) in [4.78, 5) is 2.38. The van der Waals surface area contributed by atoms with E-state index in [1.54, 1.807) is 12.1 Å². The average Bonchev–Trinajstić information content (AvgIpc) is 2.98. The number of nitrogens with zero attached hydrogens (tertiary/aromatic N) is 5. The standard InChI is InChI=1S/C16H22FN5O/c1-12(2)15(21-7-9-23-10-8-21)16-18-19-20-22(16)11-13-3-5-14(17)6-4-13/h3-6,12,15H,7-11H2,1-2H3. The monoisotopic (exact) mass is 319 g/mol. The first-order valence-electron chi connectivity index (χ1n) is 7.97. The van der Waals surface area contributed by atoms with E-state index in [0.717, 1.165) is 37.7 Å². The predicted octanol–water partition coefficient (Wildman–Crippen LogP) is 1.89. The predicted molar refractivity (Wildman–Crippen MR) is 83.3 cm³/mol. The highest BCUT2D eigenvalue weighted by atomic mass is 19.1. The van der Waals surface area contributed by atoms with Crippen LogP contribution >= 0.6 is 0 Å². The first-order chi connectivity index (χ1) is 11.1. The Morgan fingerprint density at radius 2 is 1.87 bits per heavy atom. The summed E-state index contributed by atoms with van der Waals surface area (Å²) in [6.07, 6.45) is 0. The third-order valence-corrected chi connectivity index (χ3v) is 4.14. The van der Waals surface area contributed by atoms with Crippen molar-refractivity contribution in [1.29, 1.82) is 0 Å². The van der Waals surface area contributed by atoms with Crippen LogP contribution in [0.1, 0.15) is 31.3 Å². The molecule has 0 amide bonds. The maximum absolute atomic E-state index is 13.1. The third-order valence-electron chi connectivity index (χ3n) is 4.14. The van der Waals surface area contributed by atoms with E-state index in [1.807, 2.05) is 4.68 Å². The van der Waals surface area contributed by atoms with Gasteiger partial charge in [0.05, 0.1) is 25.8 Å². The normalized spacial score (nSPS) is 17.6. The fraction of sp³-hybridized carbons (Fsp3) is 0.562. The third kappa shape index (κ3) is 3.73. The first kappa shape index (κ1) is 16.0. The van der Waals surface area contributed by atoms with Crippen LogP contribution in [0, 0.1) is 11.7 Å². The van der Waals surface area contributed by atoms with Crippen LogP contribution in [-0.4, -0.2) is 51.4 Å². The van der Waals surface area contributed by atoms with E-state index in [-0.39, 0.29) is 11.9 Å². The van der Waals surface area contributed by atoms with Crippen molar-refractivity contribution in [3.8, 4) is 0 Å². The van der Waals surface area contributed by atoms with E-state index >= 15 is 0 Å². The van der Waals surface area contributed by atoms with Gasteiger partial charge in [-0.2, -0.15) is 0 Å². The molecule has 2 heterocycles. The van der Waals surface area contributed by atoms with Crippen LogP contribution in [0.15, 0.2) is 24.3 Å². The summed E-state index contributed by atoms with van der Waals surface area (Å²) in [6.45, 7) is 8.13. The zero-order valence-electron chi connectivity index (χ0n) is 13.5. The van der Waals surface area contributed by atoms with Gasteiger partial charge in [0.25, 0.3) is 0 Å². The molecule has 0 saturated carbocycles. The molecule has 1 saturated heterocycles. The molecule has 1 atom stereocenters. The minimum Gasteiger partial charge on any atom is -0.379 e. The minimum absolute atomic E-state index is 0.148. The second-order valence-corrected chi connectivity index (χ2v) is 6.16. The molecule has 7 heteroatoms. The number of tetrazole rings is 1. The smallest absolute Gasteiger partial charge is 0.169 e. The van der Waals surface area contributed by atoms with Crippen LogP contribution in [0.4, 0.5) is 4.39 Å². The highest BCUT2D eigenvalue weighted by Crippen LogP contribution is 2.27. The van der Waals surface area contributed by atoms with Crippen LogP contribution in [-0.2, 0) is 11.3 Å². The molecule has 23 heavy (non-hydrogen) atoms. The van der Waals surface area contributed by atoms with E-state index in [4.69, 9.17) is 4.74 Å². The highest BCUT2D eigenvalue weighted by Gasteiger charge is 2.30. The number of halogens is 1. The van der Waals surface area contributed by atoms with Crippen LogP contribution < -0.4 is 0 Å². The van der Waals surface area contributed by atoms with Crippen LogP contribution in [0.2, 0.25) is 0 Å². The lowest BCUT2D eigenvalue weighted by Crippen LogP contribution is -2.42. The summed E-state index contributed by atoms with van der Waals surface area (Å²) >= 11 is 0. The molecule has 3 rings (SSSR count). The van der Waals surface area contributed by atoms with Crippen molar-refractivity contribution >= 4 is 0 Å². The Labute approximate surface area is 135 Å². The average molecular weight is 319 g/mol. The van der Waals surface area contributed by atoms with E-state index < -0.39 is 0 Å². The molecule has 0 radical (unpaired) electrons. The molecular weight excluding hydrogens is 297 g/mol. The fourth-order valence-electron chi connectivity index (χ4n) is 3.04. The Morgan fingerprint density at radius 1 is 1.17 bits per heavy atom. The first-order valence-corrected chi connectivity index (χ1v) is 7.97. The van der Waals surface area contributed by atoms with Crippen molar-refractivity contribution in [2.24, 2.45) is 5.92 Å².